The first kappa shape index (κ1) is 23.4. The van der Waals surface area contributed by atoms with E-state index in [0.717, 1.165) is 61.0 Å². The van der Waals surface area contributed by atoms with Gasteiger partial charge in [0.2, 0.25) is 11.9 Å². The number of nitrogens with one attached hydrogen (secondary N) is 2. The maximum absolute atomic E-state index is 11.7. The van der Waals surface area contributed by atoms with E-state index in [0.29, 0.717) is 5.95 Å². The molecule has 0 unspecified atom stereocenters. The number of carbonyl (C=O) groups is 1. The Morgan fingerprint density at radius 1 is 1.18 bits per heavy atom. The van der Waals surface area contributed by atoms with Crippen LogP contribution in [0.5, 0.6) is 0 Å². The van der Waals surface area contributed by atoms with Crippen molar-refractivity contribution in [3.05, 3.63) is 65.6 Å². The molecule has 4 rings (SSSR count). The lowest BCUT2D eigenvalue weighted by Crippen LogP contribution is -2.21. The third kappa shape index (κ3) is 5.79. The van der Waals surface area contributed by atoms with Gasteiger partial charge in [-0.05, 0) is 58.1 Å². The highest BCUT2D eigenvalue weighted by Crippen LogP contribution is 2.31. The zero-order valence-electron chi connectivity index (χ0n) is 20.2. The highest BCUT2D eigenvalue weighted by molar-refractivity contribution is 5.99. The fourth-order valence-corrected chi connectivity index (χ4v) is 3.93. The first-order valence-corrected chi connectivity index (χ1v) is 11.5. The lowest BCUT2D eigenvalue weighted by Gasteiger charge is -2.19. The van der Waals surface area contributed by atoms with Gasteiger partial charge < -0.3 is 20.4 Å². The molecule has 0 fully saturated rings. The lowest BCUT2D eigenvalue weighted by molar-refractivity contribution is -0.111. The smallest absolute Gasteiger partial charge is 0.248 e. The van der Waals surface area contributed by atoms with Crippen LogP contribution in [0.2, 0.25) is 0 Å². The van der Waals surface area contributed by atoms with Gasteiger partial charge >= 0.3 is 0 Å². The van der Waals surface area contributed by atoms with Crippen molar-refractivity contribution in [2.45, 2.75) is 33.4 Å². The van der Waals surface area contributed by atoms with Crippen LogP contribution in [0, 0.1) is 6.92 Å². The van der Waals surface area contributed by atoms with Gasteiger partial charge in [-0.3, -0.25) is 9.48 Å². The maximum Gasteiger partial charge on any atom is 0.248 e. The number of aromatic nitrogens is 4. The molecule has 2 N–H and O–H groups in total. The molecule has 0 spiro atoms. The third-order valence-electron chi connectivity index (χ3n) is 5.70. The number of fused-ring (bicyclic) bond motifs is 1. The minimum atomic E-state index is -0.126. The van der Waals surface area contributed by atoms with Crippen LogP contribution in [0.15, 0.2) is 48.8 Å². The molecule has 0 atom stereocenters. The molecule has 1 aromatic carbocycles. The van der Waals surface area contributed by atoms with E-state index in [2.05, 4.69) is 30.5 Å². The fourth-order valence-electron chi connectivity index (χ4n) is 3.93. The largest absolute Gasteiger partial charge is 0.352 e. The van der Waals surface area contributed by atoms with Gasteiger partial charge in [0.05, 0.1) is 18.4 Å². The molecule has 0 radical (unpaired) electrons. The second-order valence-electron chi connectivity index (χ2n) is 8.71. The van der Waals surface area contributed by atoms with Gasteiger partial charge in [0.25, 0.3) is 0 Å². The Hall–Kier alpha value is -3.72. The fraction of sp³-hybridized carbons (Fsp3) is 0.360. The number of aryl methyl sites for hydroxylation is 1. The first-order valence-electron chi connectivity index (χ1n) is 11.5. The molecule has 178 valence electrons. The van der Waals surface area contributed by atoms with E-state index in [1.807, 2.05) is 63.1 Å². The van der Waals surface area contributed by atoms with Crippen molar-refractivity contribution in [2.75, 3.05) is 42.7 Å². The van der Waals surface area contributed by atoms with E-state index < -0.39 is 0 Å². The van der Waals surface area contributed by atoms with E-state index in [9.17, 15) is 4.79 Å². The van der Waals surface area contributed by atoms with Crippen LogP contribution < -0.4 is 15.5 Å². The molecule has 3 aromatic rings. The number of allylic oxidation sites excluding steroid dienone is 1. The molecule has 3 heterocycles. The van der Waals surface area contributed by atoms with Crippen LogP contribution in [-0.2, 0) is 24.3 Å². The molecule has 1 amide bonds. The molecule has 2 aromatic heterocycles. The monoisotopic (exact) mass is 460 g/mol. The van der Waals surface area contributed by atoms with Gasteiger partial charge in [0.15, 0.2) is 0 Å². The summed E-state index contributed by atoms with van der Waals surface area (Å²) in [7, 11) is 4.10. The average molecular weight is 461 g/mol. The van der Waals surface area contributed by atoms with Gasteiger partial charge in [0, 0.05) is 42.8 Å². The number of hydrogen-bond acceptors (Lipinski definition) is 7. The summed E-state index contributed by atoms with van der Waals surface area (Å²) in [6.45, 7) is 7.25. The summed E-state index contributed by atoms with van der Waals surface area (Å²) in [4.78, 5) is 25.7. The molecule has 34 heavy (non-hydrogen) atoms. The van der Waals surface area contributed by atoms with Gasteiger partial charge in [-0.2, -0.15) is 10.1 Å². The quantitative estimate of drug-likeness (QED) is 0.473. The molecule has 0 saturated heterocycles. The number of benzene rings is 1. The van der Waals surface area contributed by atoms with Crippen LogP contribution in [0.3, 0.4) is 0 Å². The molecule has 1 aliphatic heterocycles. The minimum absolute atomic E-state index is 0.126. The van der Waals surface area contributed by atoms with Gasteiger partial charge in [-0.1, -0.05) is 18.2 Å². The summed E-state index contributed by atoms with van der Waals surface area (Å²) in [5, 5.41) is 10.6. The van der Waals surface area contributed by atoms with E-state index in [-0.39, 0.29) is 5.91 Å². The topological polar surface area (TPSA) is 91.2 Å². The van der Waals surface area contributed by atoms with Crippen LogP contribution in [-0.4, -0.2) is 57.7 Å². The van der Waals surface area contributed by atoms with Crippen LogP contribution >= 0.6 is 0 Å². The van der Waals surface area contributed by atoms with Crippen LogP contribution in [0.1, 0.15) is 23.7 Å². The lowest BCUT2D eigenvalue weighted by atomic mass is 10.2. The minimum Gasteiger partial charge on any atom is -0.352 e. The number of rotatable bonds is 9. The number of hydrogen-bond donors (Lipinski definition) is 2. The van der Waals surface area contributed by atoms with E-state index in [4.69, 9.17) is 4.98 Å². The van der Waals surface area contributed by atoms with Crippen molar-refractivity contribution in [1.82, 2.24) is 24.6 Å². The van der Waals surface area contributed by atoms with Crippen molar-refractivity contribution in [2.24, 2.45) is 0 Å². The Kier molecular flexibility index (Phi) is 7.22. The summed E-state index contributed by atoms with van der Waals surface area (Å²) < 4.78 is 1.92. The summed E-state index contributed by atoms with van der Waals surface area (Å²) in [6, 6.07) is 7.94. The Morgan fingerprint density at radius 2 is 1.97 bits per heavy atom. The third-order valence-corrected chi connectivity index (χ3v) is 5.70. The van der Waals surface area contributed by atoms with Crippen molar-refractivity contribution >= 4 is 29.0 Å². The van der Waals surface area contributed by atoms with E-state index in [1.54, 1.807) is 12.3 Å². The van der Waals surface area contributed by atoms with Crippen molar-refractivity contribution in [3.8, 4) is 0 Å². The van der Waals surface area contributed by atoms with E-state index in [1.165, 1.54) is 11.6 Å². The Labute approximate surface area is 200 Å². The second kappa shape index (κ2) is 10.5. The van der Waals surface area contributed by atoms with Gasteiger partial charge in [-0.25, -0.2) is 4.98 Å². The molecule has 1 aliphatic rings. The van der Waals surface area contributed by atoms with Gasteiger partial charge in [-0.15, -0.1) is 0 Å². The molecule has 0 saturated carbocycles. The number of amides is 1. The number of carbonyl (C=O) groups excluding carboxylic acids is 1. The highest BCUT2D eigenvalue weighted by Gasteiger charge is 2.24. The second-order valence-corrected chi connectivity index (χ2v) is 8.71. The highest BCUT2D eigenvalue weighted by atomic mass is 16.1. The Morgan fingerprint density at radius 3 is 2.71 bits per heavy atom. The van der Waals surface area contributed by atoms with Crippen molar-refractivity contribution in [3.63, 3.8) is 0 Å². The number of anilines is 4. The zero-order valence-corrected chi connectivity index (χ0v) is 20.2. The predicted octanol–water partition coefficient (Wildman–Crippen LogP) is 3.36. The summed E-state index contributed by atoms with van der Waals surface area (Å²) in [5.41, 5.74) is 5.01. The molecule has 9 nitrogen and oxygen atoms in total. The molecule has 0 bridgehead atoms. The maximum atomic E-state index is 11.7. The van der Waals surface area contributed by atoms with E-state index >= 15 is 0 Å². The number of nitrogens with zero attached hydrogens (tertiary/aromatic N) is 6. The Bertz CT molecular complexity index is 1170. The normalized spacial score (nSPS) is 13.0. The van der Waals surface area contributed by atoms with Crippen molar-refractivity contribution in [1.29, 1.82) is 0 Å². The summed E-state index contributed by atoms with van der Waals surface area (Å²) >= 11 is 0. The summed E-state index contributed by atoms with van der Waals surface area (Å²) in [5.74, 6) is 1.43. The standard InChI is InChI=1S/C25H32N8O/c1-5-6-23(34)28-20-9-7-19(8-10-20)16-32-12-11-22-18(2)27-25(30-24(22)32)29-21-15-26-33(17-21)14-13-31(3)4/h5-10,15,17H,11-14,16H2,1-4H3,(H,28,34)(H,27,29,30)/b6-5+. The predicted molar refractivity (Wildman–Crippen MR) is 135 cm³/mol. The molecular formula is C25H32N8O. The summed E-state index contributed by atoms with van der Waals surface area (Å²) in [6.07, 6.45) is 7.94. The Balaban J connectivity index is 1.44. The van der Waals surface area contributed by atoms with Crippen LogP contribution in [0.4, 0.5) is 23.1 Å². The number of likely N-dealkylation sites (N-methyl/N-ethyl adjacent to an activating group) is 1. The van der Waals surface area contributed by atoms with Gasteiger partial charge in [0.1, 0.15) is 5.82 Å². The molecular weight excluding hydrogens is 428 g/mol. The first-order chi connectivity index (χ1) is 16.4. The molecule has 0 aliphatic carbocycles. The average Bonchev–Trinajstić information content (AvgIpc) is 3.41. The van der Waals surface area contributed by atoms with Crippen LogP contribution in [0.25, 0.3) is 0 Å². The SMILES string of the molecule is C/C=C/C(=O)Nc1ccc(CN2CCc3c(C)nc(Nc4cnn(CCN(C)C)c4)nc32)cc1. The molecule has 9 heteroatoms. The van der Waals surface area contributed by atoms with Crippen molar-refractivity contribution < 1.29 is 4.79 Å². The zero-order chi connectivity index (χ0) is 24.1.